The van der Waals surface area contributed by atoms with Gasteiger partial charge in [-0.2, -0.15) is 8.42 Å². The van der Waals surface area contributed by atoms with Crippen LogP contribution in [0.1, 0.15) is 24.8 Å². The van der Waals surface area contributed by atoms with Gasteiger partial charge in [-0.15, -0.1) is 5.10 Å². The molecule has 0 saturated carbocycles. The highest BCUT2D eigenvalue weighted by molar-refractivity contribution is 8.14. The molecule has 10 heteroatoms. The molecule has 1 N–H and O–H groups in total. The fraction of sp³-hybridized carbons (Fsp3) is 0.308. The van der Waals surface area contributed by atoms with Crippen molar-refractivity contribution in [1.82, 2.24) is 10.3 Å². The molecule has 0 bridgehead atoms. The van der Waals surface area contributed by atoms with Gasteiger partial charge in [0.05, 0.1) is 6.26 Å². The zero-order valence-electron chi connectivity index (χ0n) is 12.6. The van der Waals surface area contributed by atoms with Gasteiger partial charge in [0.2, 0.25) is 11.8 Å². The number of thioether (sulfide) groups is 1. The van der Waals surface area contributed by atoms with Gasteiger partial charge in [-0.1, -0.05) is 23.9 Å². The first-order valence-electron chi connectivity index (χ1n) is 6.48. The number of nitrogens with one attached hydrogen (secondary N) is 1. The Morgan fingerprint density at radius 3 is 2.35 bits per heavy atom. The van der Waals surface area contributed by atoms with Gasteiger partial charge < -0.3 is 9.50 Å². The van der Waals surface area contributed by atoms with Crippen LogP contribution in [0, 0.1) is 0 Å². The summed E-state index contributed by atoms with van der Waals surface area (Å²) in [5.74, 6) is -0.381. The molecule has 1 aromatic carbocycles. The number of nitrogens with zero attached hydrogens (tertiary/aromatic N) is 2. The molecule has 23 heavy (non-hydrogen) atoms. The largest absolute Gasteiger partial charge is 0.383 e. The van der Waals surface area contributed by atoms with Crippen LogP contribution in [0.2, 0.25) is 0 Å². The van der Waals surface area contributed by atoms with Crippen molar-refractivity contribution in [3.8, 4) is 5.75 Å². The van der Waals surface area contributed by atoms with Crippen LogP contribution in [0.5, 0.6) is 5.75 Å². The second-order valence-electron chi connectivity index (χ2n) is 4.78. The van der Waals surface area contributed by atoms with Crippen LogP contribution < -0.4 is 9.50 Å². The third-order valence-corrected chi connectivity index (χ3v) is 4.26. The van der Waals surface area contributed by atoms with Crippen LogP contribution >= 0.6 is 11.8 Å². The quantitative estimate of drug-likeness (QED) is 0.810. The Kier molecular flexibility index (Phi) is 4.95. The average molecular weight is 357 g/mol. The highest BCUT2D eigenvalue weighted by Crippen LogP contribution is 2.39. The third kappa shape index (κ3) is 4.70. The van der Waals surface area contributed by atoms with Crippen molar-refractivity contribution < 1.29 is 22.2 Å². The number of hydrazone groups is 1. The molecule has 1 aliphatic rings. The van der Waals surface area contributed by atoms with Gasteiger partial charge in [-0.3, -0.25) is 9.59 Å². The van der Waals surface area contributed by atoms with Crippen LogP contribution in [0.3, 0.4) is 0 Å². The maximum Gasteiger partial charge on any atom is 0.306 e. The van der Waals surface area contributed by atoms with Gasteiger partial charge in [0, 0.05) is 13.8 Å². The summed E-state index contributed by atoms with van der Waals surface area (Å²) in [6.45, 7) is 2.72. The van der Waals surface area contributed by atoms with E-state index in [2.05, 4.69) is 10.4 Å². The van der Waals surface area contributed by atoms with Gasteiger partial charge in [0.1, 0.15) is 11.1 Å². The van der Waals surface area contributed by atoms with Crippen molar-refractivity contribution in [2.24, 2.45) is 5.10 Å². The summed E-state index contributed by atoms with van der Waals surface area (Å²) in [7, 11) is -3.60. The van der Waals surface area contributed by atoms with Crippen LogP contribution in [0.4, 0.5) is 0 Å². The van der Waals surface area contributed by atoms with Gasteiger partial charge in [0.15, 0.2) is 5.17 Å². The zero-order valence-corrected chi connectivity index (χ0v) is 14.3. The summed E-state index contributed by atoms with van der Waals surface area (Å²) in [4.78, 5) is 22.8. The zero-order chi connectivity index (χ0) is 17.2. The van der Waals surface area contributed by atoms with Crippen LogP contribution in [-0.2, 0) is 19.7 Å². The maximum absolute atomic E-state index is 11.7. The van der Waals surface area contributed by atoms with Crippen molar-refractivity contribution >= 4 is 38.9 Å². The molecule has 124 valence electrons. The minimum Gasteiger partial charge on any atom is -0.383 e. The van der Waals surface area contributed by atoms with E-state index in [4.69, 9.17) is 4.18 Å². The highest BCUT2D eigenvalue weighted by atomic mass is 32.2. The number of hydrogen-bond donors (Lipinski definition) is 1. The Labute approximate surface area is 138 Å². The molecular weight excluding hydrogens is 342 g/mol. The molecule has 1 aromatic rings. The molecule has 0 unspecified atom stereocenters. The van der Waals surface area contributed by atoms with Crippen LogP contribution in [-0.4, -0.2) is 36.7 Å². The fourth-order valence-corrected chi connectivity index (χ4v) is 3.44. The minimum absolute atomic E-state index is 0.177. The van der Waals surface area contributed by atoms with E-state index < -0.39 is 15.5 Å². The van der Waals surface area contributed by atoms with Crippen molar-refractivity contribution in [3.05, 3.63) is 29.8 Å². The molecule has 1 atom stereocenters. The van der Waals surface area contributed by atoms with E-state index in [0.717, 1.165) is 11.8 Å². The standard InChI is InChI=1S/C13H15N3O5S2/c1-8(17)14-13-15-16(9(2)18)12(22-13)10-4-6-11(7-5-10)21-23(3,19)20/h4-7,12H,1-3H3,(H,14,15,17)/t12-/m0/s1. The number of benzene rings is 1. The summed E-state index contributed by atoms with van der Waals surface area (Å²) in [5, 5.41) is 7.75. The molecule has 8 nitrogen and oxygen atoms in total. The first kappa shape index (κ1) is 17.3. The molecule has 1 heterocycles. The SMILES string of the molecule is CC(=O)NC1=NN(C(C)=O)[C@H](c2ccc(OS(C)(=O)=O)cc2)S1. The number of rotatable bonds is 3. The molecule has 1 aliphatic heterocycles. The number of hydrogen-bond acceptors (Lipinski definition) is 7. The van der Waals surface area contributed by atoms with Crippen molar-refractivity contribution in [2.45, 2.75) is 19.2 Å². The van der Waals surface area contributed by atoms with Gasteiger partial charge >= 0.3 is 10.1 Å². The van der Waals surface area contributed by atoms with Gasteiger partial charge in [-0.25, -0.2) is 5.01 Å². The molecule has 2 amide bonds. The van der Waals surface area contributed by atoms with Crippen molar-refractivity contribution in [3.63, 3.8) is 0 Å². The Morgan fingerprint density at radius 1 is 1.26 bits per heavy atom. The first-order chi connectivity index (χ1) is 10.7. The lowest BCUT2D eigenvalue weighted by molar-refractivity contribution is -0.129. The second kappa shape index (κ2) is 6.59. The Morgan fingerprint density at radius 2 is 1.87 bits per heavy atom. The number of carbonyl (C=O) groups is 2. The number of amidine groups is 1. The predicted octanol–water partition coefficient (Wildman–Crippen LogP) is 1.03. The summed E-state index contributed by atoms with van der Waals surface area (Å²) in [6.07, 6.45) is 0.957. The summed E-state index contributed by atoms with van der Waals surface area (Å²) in [5.41, 5.74) is 0.718. The lowest BCUT2D eigenvalue weighted by atomic mass is 10.2. The Balaban J connectivity index is 2.20. The van der Waals surface area contributed by atoms with E-state index in [9.17, 15) is 18.0 Å². The van der Waals surface area contributed by atoms with E-state index in [0.29, 0.717) is 5.17 Å². The van der Waals surface area contributed by atoms with Crippen LogP contribution in [0.15, 0.2) is 29.4 Å². The van der Waals surface area contributed by atoms with E-state index in [1.807, 2.05) is 0 Å². The summed E-state index contributed by atoms with van der Waals surface area (Å²) >= 11 is 1.21. The van der Waals surface area contributed by atoms with Crippen molar-refractivity contribution in [1.29, 1.82) is 0 Å². The molecule has 2 rings (SSSR count). The summed E-state index contributed by atoms with van der Waals surface area (Å²) in [6, 6.07) is 6.26. The van der Waals surface area contributed by atoms with Crippen LogP contribution in [0.25, 0.3) is 0 Å². The number of amides is 2. The molecule has 0 aromatic heterocycles. The second-order valence-corrected chi connectivity index (χ2v) is 7.42. The average Bonchev–Trinajstić information content (AvgIpc) is 2.81. The van der Waals surface area contributed by atoms with E-state index in [1.54, 1.807) is 12.1 Å². The smallest absolute Gasteiger partial charge is 0.306 e. The predicted molar refractivity (Wildman–Crippen MR) is 86.0 cm³/mol. The monoisotopic (exact) mass is 357 g/mol. The van der Waals surface area contributed by atoms with Gasteiger partial charge in [-0.05, 0) is 17.7 Å². The molecule has 0 radical (unpaired) electrons. The van der Waals surface area contributed by atoms with E-state index in [1.165, 1.54) is 42.8 Å². The molecular formula is C13H15N3O5S2. The lowest BCUT2D eigenvalue weighted by Gasteiger charge is -2.19. The van der Waals surface area contributed by atoms with E-state index >= 15 is 0 Å². The number of carbonyl (C=O) groups excluding carboxylic acids is 2. The molecule has 0 spiro atoms. The fourth-order valence-electron chi connectivity index (χ4n) is 1.84. The third-order valence-electron chi connectivity index (χ3n) is 2.66. The normalized spacial score (nSPS) is 17.6. The summed E-state index contributed by atoms with van der Waals surface area (Å²) < 4.78 is 26.9. The van der Waals surface area contributed by atoms with Gasteiger partial charge in [0.25, 0.3) is 0 Å². The molecule has 0 aliphatic carbocycles. The highest BCUT2D eigenvalue weighted by Gasteiger charge is 2.32. The Hall–Kier alpha value is -2.07. The van der Waals surface area contributed by atoms with E-state index in [-0.39, 0.29) is 17.6 Å². The maximum atomic E-state index is 11.7. The Bertz CT molecular complexity index is 758. The minimum atomic E-state index is -3.60. The first-order valence-corrected chi connectivity index (χ1v) is 9.17. The topological polar surface area (TPSA) is 105 Å². The lowest BCUT2D eigenvalue weighted by Crippen LogP contribution is -2.25. The van der Waals surface area contributed by atoms with Crippen molar-refractivity contribution in [2.75, 3.05) is 6.26 Å². The molecule has 0 saturated heterocycles. The molecule has 0 fully saturated rings.